The van der Waals surface area contributed by atoms with Crippen molar-refractivity contribution in [2.45, 2.75) is 25.8 Å². The average molecular weight is 381 g/mol. The summed E-state index contributed by atoms with van der Waals surface area (Å²) in [7, 11) is 0. The van der Waals surface area contributed by atoms with Gasteiger partial charge in [0.15, 0.2) is 0 Å². The van der Waals surface area contributed by atoms with Crippen molar-refractivity contribution < 1.29 is 9.18 Å². The predicted molar refractivity (Wildman–Crippen MR) is 101 cm³/mol. The van der Waals surface area contributed by atoms with Crippen LogP contribution in [-0.4, -0.2) is 30.4 Å². The van der Waals surface area contributed by atoms with E-state index in [2.05, 4.69) is 23.2 Å². The largest absolute Gasteiger partial charge is 0.350 e. The Hall–Kier alpha value is -1.43. The van der Waals surface area contributed by atoms with Gasteiger partial charge in [-0.15, -0.1) is 11.3 Å². The lowest BCUT2D eigenvalue weighted by Gasteiger charge is -2.36. The molecule has 0 saturated carbocycles. The maximum Gasteiger partial charge on any atom is 0.254 e. The second-order valence-electron chi connectivity index (χ2n) is 6.58. The maximum absolute atomic E-state index is 13.9. The summed E-state index contributed by atoms with van der Waals surface area (Å²) < 4.78 is 13.9. The van der Waals surface area contributed by atoms with Crippen LogP contribution in [0.2, 0.25) is 5.02 Å². The zero-order valence-electron chi connectivity index (χ0n) is 14.2. The second kappa shape index (κ2) is 8.30. The lowest BCUT2D eigenvalue weighted by atomic mass is 9.97. The summed E-state index contributed by atoms with van der Waals surface area (Å²) in [5, 5.41) is 5.29. The number of likely N-dealkylation sites (tertiary alicyclic amines) is 1. The van der Waals surface area contributed by atoms with E-state index in [1.165, 1.54) is 35.9 Å². The third-order valence-corrected chi connectivity index (χ3v) is 5.97. The molecular formula is C19H22ClFN2OS. The Bertz CT molecular complexity index is 714. The van der Waals surface area contributed by atoms with Crippen molar-refractivity contribution in [2.24, 2.45) is 5.92 Å². The van der Waals surface area contributed by atoms with Gasteiger partial charge in [0.2, 0.25) is 0 Å². The number of hydrogen-bond acceptors (Lipinski definition) is 3. The van der Waals surface area contributed by atoms with Crippen LogP contribution >= 0.6 is 22.9 Å². The molecule has 2 heterocycles. The van der Waals surface area contributed by atoms with E-state index in [0.717, 1.165) is 19.0 Å². The van der Waals surface area contributed by atoms with Gasteiger partial charge >= 0.3 is 0 Å². The van der Waals surface area contributed by atoms with Crippen molar-refractivity contribution in [1.29, 1.82) is 0 Å². The molecule has 3 rings (SSSR count). The van der Waals surface area contributed by atoms with Crippen molar-refractivity contribution in [1.82, 2.24) is 10.2 Å². The molecule has 1 aromatic heterocycles. The molecular weight excluding hydrogens is 359 g/mol. The van der Waals surface area contributed by atoms with E-state index in [1.54, 1.807) is 11.3 Å². The molecule has 1 aromatic carbocycles. The zero-order chi connectivity index (χ0) is 17.8. The van der Waals surface area contributed by atoms with Gasteiger partial charge in [-0.05, 0) is 61.5 Å². The Labute approximate surface area is 156 Å². The Morgan fingerprint density at radius 1 is 1.40 bits per heavy atom. The number of nitrogens with zero attached hydrogens (tertiary/aromatic N) is 1. The number of carbonyl (C=O) groups excluding carboxylic acids is 1. The number of benzene rings is 1. The van der Waals surface area contributed by atoms with Gasteiger partial charge in [0.25, 0.3) is 5.91 Å². The van der Waals surface area contributed by atoms with E-state index in [1.807, 2.05) is 11.4 Å². The normalized spacial score (nSPS) is 17.4. The van der Waals surface area contributed by atoms with Crippen LogP contribution in [0.4, 0.5) is 4.39 Å². The number of nitrogens with one attached hydrogen (secondary N) is 1. The molecule has 134 valence electrons. The molecule has 25 heavy (non-hydrogen) atoms. The first-order valence-corrected chi connectivity index (χ1v) is 9.81. The first-order valence-electron chi connectivity index (χ1n) is 8.55. The van der Waals surface area contributed by atoms with Crippen molar-refractivity contribution in [3.05, 3.63) is 57.0 Å². The molecule has 1 aliphatic rings. The molecule has 1 atom stereocenters. The highest BCUT2D eigenvalue weighted by atomic mass is 35.5. The van der Waals surface area contributed by atoms with Gasteiger partial charge in [-0.1, -0.05) is 24.6 Å². The molecule has 3 nitrogen and oxygen atoms in total. The van der Waals surface area contributed by atoms with Gasteiger partial charge in [-0.2, -0.15) is 0 Å². The first kappa shape index (κ1) is 18.4. The van der Waals surface area contributed by atoms with E-state index in [-0.39, 0.29) is 11.6 Å². The molecule has 1 unspecified atom stereocenters. The molecule has 0 spiro atoms. The number of amides is 1. The van der Waals surface area contributed by atoms with Gasteiger partial charge in [0, 0.05) is 16.4 Å². The van der Waals surface area contributed by atoms with E-state index in [4.69, 9.17) is 11.6 Å². The lowest BCUT2D eigenvalue weighted by Crippen LogP contribution is -2.41. The summed E-state index contributed by atoms with van der Waals surface area (Å²) in [5.41, 5.74) is -0.00954. The van der Waals surface area contributed by atoms with E-state index >= 15 is 0 Å². The van der Waals surface area contributed by atoms with Crippen molar-refractivity contribution in [3.63, 3.8) is 0 Å². The van der Waals surface area contributed by atoms with Gasteiger partial charge in [-0.25, -0.2) is 4.39 Å². The minimum absolute atomic E-state index is 0.00954. The molecule has 1 N–H and O–H groups in total. The number of carbonyl (C=O) groups is 1. The maximum atomic E-state index is 13.9. The Morgan fingerprint density at radius 2 is 2.16 bits per heavy atom. The molecule has 0 aliphatic carbocycles. The highest BCUT2D eigenvalue weighted by molar-refractivity contribution is 7.10. The Balaban J connectivity index is 1.70. The van der Waals surface area contributed by atoms with E-state index in [0.29, 0.717) is 11.6 Å². The van der Waals surface area contributed by atoms with Crippen LogP contribution < -0.4 is 5.32 Å². The summed E-state index contributed by atoms with van der Waals surface area (Å²) >= 11 is 7.58. The quantitative estimate of drug-likeness (QED) is 0.812. The number of hydrogen-bond donors (Lipinski definition) is 1. The summed E-state index contributed by atoms with van der Waals surface area (Å²) in [4.78, 5) is 16.0. The standard InChI is InChI=1S/C19H22ClFN2OS/c1-13-6-8-23(9-7-13)17(18-3-2-10-25-18)12-22-19(24)15-11-14(20)4-5-16(15)21/h2-5,10-11,13,17H,6-9,12H2,1H3,(H,22,24). The van der Waals surface area contributed by atoms with Gasteiger partial charge in [0.05, 0.1) is 11.6 Å². The minimum Gasteiger partial charge on any atom is -0.350 e. The third kappa shape index (κ3) is 4.60. The second-order valence-corrected chi connectivity index (χ2v) is 8.00. The van der Waals surface area contributed by atoms with Crippen LogP contribution in [0, 0.1) is 11.7 Å². The van der Waals surface area contributed by atoms with Crippen molar-refractivity contribution >= 4 is 28.8 Å². The lowest BCUT2D eigenvalue weighted by molar-refractivity contribution is 0.0911. The predicted octanol–water partition coefficient (Wildman–Crippen LogP) is 4.74. The fraction of sp³-hybridized carbons (Fsp3) is 0.421. The summed E-state index contributed by atoms with van der Waals surface area (Å²) in [6.45, 7) is 4.77. The average Bonchev–Trinajstić information content (AvgIpc) is 3.13. The number of rotatable bonds is 5. The van der Waals surface area contributed by atoms with Crippen molar-refractivity contribution in [3.8, 4) is 0 Å². The Morgan fingerprint density at radius 3 is 2.84 bits per heavy atom. The summed E-state index contributed by atoms with van der Waals surface area (Å²) in [6.07, 6.45) is 2.33. The number of piperidine rings is 1. The zero-order valence-corrected chi connectivity index (χ0v) is 15.7. The van der Waals surface area contributed by atoms with Gasteiger partial charge in [-0.3, -0.25) is 9.69 Å². The summed E-state index contributed by atoms with van der Waals surface area (Å²) in [6, 6.07) is 8.28. The molecule has 0 radical (unpaired) electrons. The molecule has 2 aromatic rings. The molecule has 0 bridgehead atoms. The smallest absolute Gasteiger partial charge is 0.254 e. The van der Waals surface area contributed by atoms with E-state index < -0.39 is 11.7 Å². The molecule has 1 aliphatic heterocycles. The van der Waals surface area contributed by atoms with Gasteiger partial charge in [0.1, 0.15) is 5.82 Å². The van der Waals surface area contributed by atoms with Crippen LogP contribution in [0.3, 0.4) is 0 Å². The number of thiophene rings is 1. The van der Waals surface area contributed by atoms with Crippen LogP contribution in [0.5, 0.6) is 0 Å². The Kier molecular flexibility index (Phi) is 6.10. The first-order chi connectivity index (χ1) is 12.0. The van der Waals surface area contributed by atoms with Crippen LogP contribution in [0.1, 0.15) is 41.0 Å². The third-order valence-electron chi connectivity index (χ3n) is 4.76. The molecule has 1 amide bonds. The van der Waals surface area contributed by atoms with Crippen LogP contribution in [-0.2, 0) is 0 Å². The monoisotopic (exact) mass is 380 g/mol. The minimum atomic E-state index is -0.554. The summed E-state index contributed by atoms with van der Waals surface area (Å²) in [5.74, 6) is -0.233. The topological polar surface area (TPSA) is 32.3 Å². The van der Waals surface area contributed by atoms with Crippen LogP contribution in [0.25, 0.3) is 0 Å². The molecule has 6 heteroatoms. The SMILES string of the molecule is CC1CCN(C(CNC(=O)c2cc(Cl)ccc2F)c2cccs2)CC1. The highest BCUT2D eigenvalue weighted by Gasteiger charge is 2.26. The van der Waals surface area contributed by atoms with Crippen molar-refractivity contribution in [2.75, 3.05) is 19.6 Å². The fourth-order valence-electron chi connectivity index (χ4n) is 3.19. The highest BCUT2D eigenvalue weighted by Crippen LogP contribution is 2.29. The fourth-order valence-corrected chi connectivity index (χ4v) is 4.22. The van der Waals surface area contributed by atoms with E-state index in [9.17, 15) is 9.18 Å². The van der Waals surface area contributed by atoms with Gasteiger partial charge < -0.3 is 5.32 Å². The van der Waals surface area contributed by atoms with Crippen LogP contribution in [0.15, 0.2) is 35.7 Å². The molecule has 1 fully saturated rings. The molecule has 1 saturated heterocycles. The number of halogens is 2.